The monoisotopic (exact) mass is 302 g/mol. The van der Waals surface area contributed by atoms with Crippen LogP contribution in [0.15, 0.2) is 6.07 Å². The Hall–Kier alpha value is -1.41. The molecule has 20 heavy (non-hydrogen) atoms. The number of aromatic nitrogens is 2. The summed E-state index contributed by atoms with van der Waals surface area (Å²) in [5, 5.41) is 2.91. The molecule has 0 atom stereocenters. The molecule has 0 amide bonds. The van der Waals surface area contributed by atoms with E-state index in [2.05, 4.69) is 15.3 Å². The molecule has 0 bridgehead atoms. The lowest BCUT2D eigenvalue weighted by Gasteiger charge is -2.12. The quantitative estimate of drug-likeness (QED) is 0.767. The molecule has 0 aliphatic carbocycles. The summed E-state index contributed by atoms with van der Waals surface area (Å²) < 4.78 is 29.9. The normalized spacial score (nSPS) is 11.7. The van der Waals surface area contributed by atoms with Gasteiger partial charge < -0.3 is 10.1 Å². The average molecular weight is 302 g/mol. The smallest absolute Gasteiger partial charge is 0.226 e. The molecule has 8 heteroatoms. The van der Waals surface area contributed by atoms with Crippen LogP contribution in [0.1, 0.15) is 19.0 Å². The summed E-state index contributed by atoms with van der Waals surface area (Å²) in [5.74, 6) is 0.866. The molecular formula is C12H22N4O3S. The number of aryl methyl sites for hydroxylation is 1. The highest BCUT2D eigenvalue weighted by atomic mass is 32.2. The molecule has 1 heterocycles. The fraction of sp³-hybridized carbons (Fsp3) is 0.667. The first kappa shape index (κ1) is 16.6. The van der Waals surface area contributed by atoms with Crippen molar-refractivity contribution >= 4 is 16.0 Å². The topological polar surface area (TPSA) is 84.4 Å². The van der Waals surface area contributed by atoms with E-state index < -0.39 is 10.0 Å². The summed E-state index contributed by atoms with van der Waals surface area (Å²) in [6.45, 7) is 4.68. The van der Waals surface area contributed by atoms with Crippen molar-refractivity contribution in [2.24, 2.45) is 0 Å². The van der Waals surface area contributed by atoms with Crippen LogP contribution in [0.5, 0.6) is 5.88 Å². The Morgan fingerprint density at radius 2 is 2.05 bits per heavy atom. The average Bonchev–Trinajstić information content (AvgIpc) is 2.35. The van der Waals surface area contributed by atoms with Crippen molar-refractivity contribution in [2.45, 2.75) is 20.3 Å². The molecule has 0 fully saturated rings. The van der Waals surface area contributed by atoms with Crippen LogP contribution in [0.3, 0.4) is 0 Å². The Bertz CT molecular complexity index is 532. The zero-order valence-corrected chi connectivity index (χ0v) is 13.2. The number of ether oxygens (including phenoxy) is 1. The minimum atomic E-state index is -3.22. The first-order valence-electron chi connectivity index (χ1n) is 6.47. The van der Waals surface area contributed by atoms with Crippen molar-refractivity contribution in [1.29, 1.82) is 0 Å². The van der Waals surface area contributed by atoms with Crippen LogP contribution >= 0.6 is 0 Å². The molecule has 0 spiro atoms. The van der Waals surface area contributed by atoms with E-state index >= 15 is 0 Å². The van der Waals surface area contributed by atoms with Gasteiger partial charge in [-0.1, -0.05) is 6.92 Å². The number of hydrogen-bond acceptors (Lipinski definition) is 6. The number of hydrogen-bond donors (Lipinski definition) is 1. The van der Waals surface area contributed by atoms with Crippen LogP contribution in [0.4, 0.5) is 5.95 Å². The van der Waals surface area contributed by atoms with Crippen molar-refractivity contribution < 1.29 is 13.2 Å². The molecule has 0 radical (unpaired) electrons. The van der Waals surface area contributed by atoms with E-state index in [1.807, 2.05) is 13.8 Å². The first-order valence-corrected chi connectivity index (χ1v) is 8.08. The van der Waals surface area contributed by atoms with E-state index in [1.165, 1.54) is 18.4 Å². The van der Waals surface area contributed by atoms with E-state index in [9.17, 15) is 8.42 Å². The largest absolute Gasteiger partial charge is 0.478 e. The number of rotatable bonds is 8. The fourth-order valence-corrected chi connectivity index (χ4v) is 2.10. The van der Waals surface area contributed by atoms with Crippen molar-refractivity contribution in [3.63, 3.8) is 0 Å². The molecule has 7 nitrogen and oxygen atoms in total. The molecular weight excluding hydrogens is 280 g/mol. The molecule has 1 aromatic heterocycles. The van der Waals surface area contributed by atoms with Crippen molar-refractivity contribution in [1.82, 2.24) is 14.3 Å². The van der Waals surface area contributed by atoms with E-state index in [0.29, 0.717) is 18.4 Å². The van der Waals surface area contributed by atoms with Crippen molar-refractivity contribution in [2.75, 3.05) is 38.3 Å². The van der Waals surface area contributed by atoms with E-state index in [4.69, 9.17) is 4.74 Å². The van der Waals surface area contributed by atoms with Gasteiger partial charge in [0.05, 0.1) is 12.4 Å². The Morgan fingerprint density at radius 3 is 2.65 bits per heavy atom. The van der Waals surface area contributed by atoms with Crippen LogP contribution in [-0.4, -0.2) is 55.7 Å². The molecule has 0 aliphatic heterocycles. The maximum absolute atomic E-state index is 11.6. The molecule has 0 aliphatic rings. The molecule has 0 aromatic carbocycles. The summed E-state index contributed by atoms with van der Waals surface area (Å²) in [5.41, 5.74) is 0.768. The fourth-order valence-electron chi connectivity index (χ4n) is 1.37. The lowest BCUT2D eigenvalue weighted by molar-refractivity contribution is 0.305. The number of anilines is 1. The summed E-state index contributed by atoms with van der Waals surface area (Å²) in [6.07, 6.45) is 0.896. The van der Waals surface area contributed by atoms with E-state index in [1.54, 1.807) is 6.07 Å². The molecule has 0 unspecified atom stereocenters. The Balaban J connectivity index is 2.62. The molecule has 0 saturated carbocycles. The van der Waals surface area contributed by atoms with Gasteiger partial charge in [-0.15, -0.1) is 0 Å². The minimum absolute atomic E-state index is 0.0115. The molecule has 0 saturated heterocycles. The molecule has 1 rings (SSSR count). The first-order chi connectivity index (χ1) is 9.35. The maximum Gasteiger partial charge on any atom is 0.226 e. The zero-order chi connectivity index (χ0) is 15.2. The third-order valence-corrected chi connectivity index (χ3v) is 4.32. The summed E-state index contributed by atoms with van der Waals surface area (Å²) >= 11 is 0. The van der Waals surface area contributed by atoms with E-state index in [0.717, 1.165) is 12.1 Å². The van der Waals surface area contributed by atoms with Gasteiger partial charge in [-0.2, -0.15) is 4.98 Å². The van der Waals surface area contributed by atoms with Gasteiger partial charge in [0.1, 0.15) is 0 Å². The van der Waals surface area contributed by atoms with Crippen LogP contribution in [0.25, 0.3) is 0 Å². The van der Waals surface area contributed by atoms with Crippen molar-refractivity contribution in [3.8, 4) is 5.88 Å². The lowest BCUT2D eigenvalue weighted by atomic mass is 10.4. The van der Waals surface area contributed by atoms with Gasteiger partial charge in [0.25, 0.3) is 0 Å². The third kappa shape index (κ3) is 5.30. The second-order valence-corrected chi connectivity index (χ2v) is 6.85. The van der Waals surface area contributed by atoms with Gasteiger partial charge in [0, 0.05) is 32.4 Å². The summed E-state index contributed by atoms with van der Waals surface area (Å²) in [7, 11) is -0.201. The second-order valence-electron chi connectivity index (χ2n) is 4.54. The highest BCUT2D eigenvalue weighted by Gasteiger charge is 2.13. The number of nitrogens with zero attached hydrogens (tertiary/aromatic N) is 3. The van der Waals surface area contributed by atoms with Gasteiger partial charge in [-0.05, 0) is 13.3 Å². The standard InChI is InChI=1S/C12H22N4O3S/c1-5-7-19-11-9-10(2)14-12(15-11)13-6-8-20(17,18)16(3)4/h9H,5-8H2,1-4H3,(H,13,14,15). The van der Waals surface area contributed by atoms with Crippen LogP contribution in [-0.2, 0) is 10.0 Å². The van der Waals surface area contributed by atoms with Crippen molar-refractivity contribution in [3.05, 3.63) is 11.8 Å². The molecule has 114 valence electrons. The van der Waals surface area contributed by atoms with Crippen LogP contribution < -0.4 is 10.1 Å². The van der Waals surface area contributed by atoms with Gasteiger partial charge in [-0.25, -0.2) is 17.7 Å². The lowest BCUT2D eigenvalue weighted by Crippen LogP contribution is -2.28. The summed E-state index contributed by atoms with van der Waals surface area (Å²) in [6, 6.07) is 1.75. The van der Waals surface area contributed by atoms with Gasteiger partial charge in [-0.3, -0.25) is 0 Å². The predicted molar refractivity (Wildman–Crippen MR) is 78.5 cm³/mol. The van der Waals surface area contributed by atoms with Crippen LogP contribution in [0.2, 0.25) is 0 Å². The number of sulfonamides is 1. The van der Waals surface area contributed by atoms with Gasteiger partial charge >= 0.3 is 0 Å². The zero-order valence-electron chi connectivity index (χ0n) is 12.4. The molecule has 1 N–H and O–H groups in total. The van der Waals surface area contributed by atoms with Gasteiger partial charge in [0.15, 0.2) is 0 Å². The highest BCUT2D eigenvalue weighted by molar-refractivity contribution is 7.89. The number of nitrogens with one attached hydrogen (secondary N) is 1. The molecule has 1 aromatic rings. The SMILES string of the molecule is CCCOc1cc(C)nc(NCCS(=O)(=O)N(C)C)n1. The summed E-state index contributed by atoms with van der Waals surface area (Å²) in [4.78, 5) is 8.38. The van der Waals surface area contributed by atoms with E-state index in [-0.39, 0.29) is 12.3 Å². The third-order valence-electron chi connectivity index (χ3n) is 2.48. The van der Waals surface area contributed by atoms with Crippen LogP contribution in [0, 0.1) is 6.92 Å². The second kappa shape index (κ2) is 7.39. The maximum atomic E-state index is 11.6. The predicted octanol–water partition coefficient (Wildman–Crippen LogP) is 0.877. The Labute approximate surface area is 120 Å². The highest BCUT2D eigenvalue weighted by Crippen LogP contribution is 2.12. The minimum Gasteiger partial charge on any atom is -0.478 e. The Morgan fingerprint density at radius 1 is 1.35 bits per heavy atom. The Kier molecular flexibility index (Phi) is 6.15. The van der Waals surface area contributed by atoms with Gasteiger partial charge in [0.2, 0.25) is 21.9 Å².